The van der Waals surface area contributed by atoms with Crippen LogP contribution in [0.4, 0.5) is 5.69 Å². The number of carbonyl (C=O) groups is 1. The van der Waals surface area contributed by atoms with Crippen LogP contribution in [0.15, 0.2) is 28.7 Å². The molecule has 28 heavy (non-hydrogen) atoms. The first-order chi connectivity index (χ1) is 13.3. The molecule has 0 bridgehead atoms. The van der Waals surface area contributed by atoms with E-state index in [-0.39, 0.29) is 29.5 Å². The van der Waals surface area contributed by atoms with Gasteiger partial charge in [-0.15, -0.1) is 10.2 Å². The van der Waals surface area contributed by atoms with Crippen LogP contribution in [-0.4, -0.2) is 30.9 Å². The van der Waals surface area contributed by atoms with Crippen LogP contribution in [-0.2, 0) is 16.1 Å². The molecular formula is C18H19N5O5. The number of nitro groups is 1. The molecule has 0 fully saturated rings. The summed E-state index contributed by atoms with van der Waals surface area (Å²) in [6.07, 6.45) is -0.772. The van der Waals surface area contributed by atoms with Gasteiger partial charge in [-0.3, -0.25) is 19.6 Å². The lowest BCUT2D eigenvalue weighted by atomic mass is 10.1. The molecule has 0 saturated heterocycles. The molecule has 0 N–H and O–H groups in total. The molecule has 1 aromatic carbocycles. The summed E-state index contributed by atoms with van der Waals surface area (Å²) in [5, 5.41) is 23.0. The van der Waals surface area contributed by atoms with E-state index in [1.807, 2.05) is 31.2 Å². The zero-order valence-electron chi connectivity index (χ0n) is 15.9. The average molecular weight is 385 g/mol. The maximum atomic E-state index is 12.2. The third-order valence-electron chi connectivity index (χ3n) is 4.20. The van der Waals surface area contributed by atoms with Crippen LogP contribution in [0.3, 0.4) is 0 Å². The zero-order chi connectivity index (χ0) is 20.4. The van der Waals surface area contributed by atoms with Crippen LogP contribution in [0.5, 0.6) is 0 Å². The van der Waals surface area contributed by atoms with Crippen LogP contribution < -0.4 is 0 Å². The van der Waals surface area contributed by atoms with Crippen molar-refractivity contribution in [2.24, 2.45) is 0 Å². The Balaban J connectivity index is 1.67. The third-order valence-corrected chi connectivity index (χ3v) is 4.20. The summed E-state index contributed by atoms with van der Waals surface area (Å²) in [4.78, 5) is 22.7. The minimum atomic E-state index is -0.772. The molecule has 0 amide bonds. The van der Waals surface area contributed by atoms with Gasteiger partial charge in [-0.1, -0.05) is 17.7 Å². The molecule has 3 aromatic rings. The Bertz CT molecular complexity index is 1020. The standard InChI is InChI=1S/C18H19N5O5/c1-10-5-7-14(8-6-10)18-20-19-17(28-18)13(4)27-15(24)9-22-12(3)16(23(25)26)11(2)21-22/h5-8,13H,9H2,1-4H3/t13-/m1/s1. The van der Waals surface area contributed by atoms with Crippen molar-refractivity contribution in [2.75, 3.05) is 0 Å². The topological polar surface area (TPSA) is 126 Å². The number of aromatic nitrogens is 4. The lowest BCUT2D eigenvalue weighted by Crippen LogP contribution is -2.17. The van der Waals surface area contributed by atoms with Gasteiger partial charge in [-0.25, -0.2) is 0 Å². The maximum Gasteiger partial charge on any atom is 0.328 e. The van der Waals surface area contributed by atoms with Crippen molar-refractivity contribution in [3.63, 3.8) is 0 Å². The first-order valence-corrected chi connectivity index (χ1v) is 8.54. The molecule has 3 rings (SSSR count). The van der Waals surface area contributed by atoms with Crippen molar-refractivity contribution in [3.8, 4) is 11.5 Å². The van der Waals surface area contributed by atoms with Crippen molar-refractivity contribution >= 4 is 11.7 Å². The molecule has 0 unspecified atom stereocenters. The molecule has 1 atom stereocenters. The predicted molar refractivity (Wildman–Crippen MR) is 97.3 cm³/mol. The van der Waals surface area contributed by atoms with E-state index in [0.29, 0.717) is 5.89 Å². The number of rotatable bonds is 6. The molecule has 0 saturated carbocycles. The van der Waals surface area contributed by atoms with Crippen LogP contribution in [0.2, 0.25) is 0 Å². The Morgan fingerprint density at radius 2 is 1.93 bits per heavy atom. The van der Waals surface area contributed by atoms with Gasteiger partial charge in [0, 0.05) is 5.56 Å². The number of esters is 1. The van der Waals surface area contributed by atoms with Crippen molar-refractivity contribution in [1.29, 1.82) is 0 Å². The molecule has 10 nitrogen and oxygen atoms in total. The monoisotopic (exact) mass is 385 g/mol. The Morgan fingerprint density at radius 1 is 1.25 bits per heavy atom. The fraction of sp³-hybridized carbons (Fsp3) is 0.333. The highest BCUT2D eigenvalue weighted by Gasteiger charge is 2.24. The minimum Gasteiger partial charge on any atom is -0.451 e. The van der Waals surface area contributed by atoms with Crippen LogP contribution in [0.25, 0.3) is 11.5 Å². The van der Waals surface area contributed by atoms with Gasteiger partial charge in [-0.2, -0.15) is 5.10 Å². The van der Waals surface area contributed by atoms with Gasteiger partial charge in [-0.05, 0) is 39.8 Å². The molecule has 0 aliphatic heterocycles. The minimum absolute atomic E-state index is 0.111. The Morgan fingerprint density at radius 3 is 2.54 bits per heavy atom. The number of aryl methyl sites for hydroxylation is 2. The van der Waals surface area contributed by atoms with Crippen molar-refractivity contribution in [2.45, 2.75) is 40.3 Å². The number of carbonyl (C=O) groups excluding carboxylic acids is 1. The van der Waals surface area contributed by atoms with Gasteiger partial charge in [0.05, 0.1) is 4.92 Å². The van der Waals surface area contributed by atoms with Crippen LogP contribution in [0, 0.1) is 30.9 Å². The third kappa shape index (κ3) is 3.90. The summed E-state index contributed by atoms with van der Waals surface area (Å²) >= 11 is 0. The van der Waals surface area contributed by atoms with Crippen LogP contribution >= 0.6 is 0 Å². The van der Waals surface area contributed by atoms with Gasteiger partial charge in [0.2, 0.25) is 5.89 Å². The van der Waals surface area contributed by atoms with E-state index in [2.05, 4.69) is 15.3 Å². The Hall–Kier alpha value is -3.56. The summed E-state index contributed by atoms with van der Waals surface area (Å²) in [6.45, 7) is 6.36. The molecule has 2 aromatic heterocycles. The maximum absolute atomic E-state index is 12.2. The van der Waals surface area contributed by atoms with E-state index in [1.165, 1.54) is 18.5 Å². The fourth-order valence-electron chi connectivity index (χ4n) is 2.72. The summed E-state index contributed by atoms with van der Waals surface area (Å²) in [5.74, 6) is -0.140. The number of hydrogen-bond acceptors (Lipinski definition) is 8. The normalized spacial score (nSPS) is 12.0. The highest BCUT2D eigenvalue weighted by atomic mass is 16.6. The number of benzene rings is 1. The quantitative estimate of drug-likeness (QED) is 0.360. The molecule has 0 aliphatic carbocycles. The first-order valence-electron chi connectivity index (χ1n) is 8.54. The predicted octanol–water partition coefficient (Wildman–Crippen LogP) is 3.07. The van der Waals surface area contributed by atoms with E-state index >= 15 is 0 Å². The largest absolute Gasteiger partial charge is 0.451 e. The van der Waals surface area contributed by atoms with Gasteiger partial charge in [0.15, 0.2) is 6.10 Å². The van der Waals surface area contributed by atoms with E-state index in [0.717, 1.165) is 11.1 Å². The zero-order valence-corrected chi connectivity index (χ0v) is 15.9. The number of hydrogen-bond donors (Lipinski definition) is 0. The molecule has 0 radical (unpaired) electrons. The number of nitrogens with zero attached hydrogens (tertiary/aromatic N) is 5. The first kappa shape index (κ1) is 19.2. The second-order valence-electron chi connectivity index (χ2n) is 6.38. The smallest absolute Gasteiger partial charge is 0.328 e. The van der Waals surface area contributed by atoms with Gasteiger partial charge in [0.1, 0.15) is 17.9 Å². The lowest BCUT2D eigenvalue weighted by Gasteiger charge is -2.10. The van der Waals surface area contributed by atoms with Gasteiger partial charge in [0.25, 0.3) is 5.89 Å². The average Bonchev–Trinajstić information content (AvgIpc) is 3.21. The fourth-order valence-corrected chi connectivity index (χ4v) is 2.72. The Labute approximate surface area is 160 Å². The highest BCUT2D eigenvalue weighted by Crippen LogP contribution is 2.24. The number of ether oxygens (including phenoxy) is 1. The van der Waals surface area contributed by atoms with Gasteiger partial charge < -0.3 is 9.15 Å². The van der Waals surface area contributed by atoms with E-state index in [1.54, 1.807) is 6.92 Å². The second-order valence-corrected chi connectivity index (χ2v) is 6.38. The van der Waals surface area contributed by atoms with Crippen molar-refractivity contribution < 1.29 is 18.9 Å². The van der Waals surface area contributed by atoms with Crippen molar-refractivity contribution in [1.82, 2.24) is 20.0 Å². The van der Waals surface area contributed by atoms with Crippen LogP contribution in [0.1, 0.15) is 35.9 Å². The van der Waals surface area contributed by atoms with E-state index < -0.39 is 17.0 Å². The van der Waals surface area contributed by atoms with Gasteiger partial charge >= 0.3 is 11.7 Å². The molecule has 146 valence electrons. The highest BCUT2D eigenvalue weighted by molar-refractivity contribution is 5.69. The summed E-state index contributed by atoms with van der Waals surface area (Å²) in [5.41, 5.74) is 2.28. The SMILES string of the molecule is Cc1ccc(-c2nnc([C@@H](C)OC(=O)Cn3nc(C)c([N+](=O)[O-])c3C)o2)cc1. The molecule has 0 aliphatic rings. The molecule has 2 heterocycles. The molecule has 0 spiro atoms. The van der Waals surface area contributed by atoms with Crippen molar-refractivity contribution in [3.05, 3.63) is 57.2 Å². The Kier molecular flexibility index (Phi) is 5.21. The second kappa shape index (κ2) is 7.59. The molecular weight excluding hydrogens is 366 g/mol. The summed E-state index contributed by atoms with van der Waals surface area (Å²) in [7, 11) is 0. The van der Waals surface area contributed by atoms with E-state index in [9.17, 15) is 14.9 Å². The summed E-state index contributed by atoms with van der Waals surface area (Å²) in [6, 6.07) is 7.57. The lowest BCUT2D eigenvalue weighted by molar-refractivity contribution is -0.386. The van der Waals surface area contributed by atoms with E-state index in [4.69, 9.17) is 9.15 Å². The molecule has 10 heteroatoms. The summed E-state index contributed by atoms with van der Waals surface area (Å²) < 4.78 is 12.1.